The summed E-state index contributed by atoms with van der Waals surface area (Å²) < 4.78 is 13.1. The van der Waals surface area contributed by atoms with E-state index in [9.17, 15) is 14.3 Å². The van der Waals surface area contributed by atoms with Gasteiger partial charge in [0.2, 0.25) is 0 Å². The number of nitrogens with zero attached hydrogens (tertiary/aromatic N) is 3. The van der Waals surface area contributed by atoms with Crippen LogP contribution in [0.5, 0.6) is 0 Å². The first-order valence-corrected chi connectivity index (χ1v) is 7.62. The molecule has 1 aliphatic heterocycles. The summed E-state index contributed by atoms with van der Waals surface area (Å²) in [6, 6.07) is 10.7. The number of carbonyl (C=O) groups is 1. The van der Waals surface area contributed by atoms with Gasteiger partial charge in [0, 0.05) is 6.54 Å². The molecule has 0 radical (unpaired) electrons. The summed E-state index contributed by atoms with van der Waals surface area (Å²) in [5.74, 6) is -0.659. The summed E-state index contributed by atoms with van der Waals surface area (Å²) in [6.07, 6.45) is -0.240. The van der Waals surface area contributed by atoms with Crippen LogP contribution in [0.2, 0.25) is 0 Å². The van der Waals surface area contributed by atoms with E-state index in [1.807, 2.05) is 6.07 Å². The number of hydrogen-bond donors (Lipinski definition) is 1. The number of aliphatic hydroxyl groups is 1. The number of benzene rings is 1. The third-order valence-electron chi connectivity index (χ3n) is 4.22. The van der Waals surface area contributed by atoms with Gasteiger partial charge in [-0.05, 0) is 43.2 Å². The van der Waals surface area contributed by atoms with Crippen molar-refractivity contribution >= 4 is 5.91 Å². The van der Waals surface area contributed by atoms with E-state index in [0.29, 0.717) is 17.7 Å². The summed E-state index contributed by atoms with van der Waals surface area (Å²) in [7, 11) is 0. The summed E-state index contributed by atoms with van der Waals surface area (Å²) in [5, 5.41) is 18.9. The lowest BCUT2D eigenvalue weighted by atomic mass is 10.0. The molecule has 1 saturated heterocycles. The molecule has 1 N–H and O–H groups in total. The van der Waals surface area contributed by atoms with Crippen molar-refractivity contribution in [1.82, 2.24) is 9.88 Å². The van der Waals surface area contributed by atoms with Crippen LogP contribution in [0, 0.1) is 24.1 Å². The number of pyridine rings is 1. The molecule has 0 unspecified atom stereocenters. The fourth-order valence-electron chi connectivity index (χ4n) is 2.98. The summed E-state index contributed by atoms with van der Waals surface area (Å²) in [4.78, 5) is 18.5. The molecule has 5 nitrogen and oxygen atoms in total. The van der Waals surface area contributed by atoms with Crippen molar-refractivity contribution in [3.8, 4) is 6.07 Å². The van der Waals surface area contributed by atoms with Gasteiger partial charge >= 0.3 is 0 Å². The summed E-state index contributed by atoms with van der Waals surface area (Å²) in [6.45, 7) is 1.87. The normalized spacial score (nSPS) is 20.0. The fraction of sp³-hybridized carbons (Fsp3) is 0.278. The lowest BCUT2D eigenvalue weighted by Crippen LogP contribution is -2.32. The molecule has 2 aromatic rings. The first kappa shape index (κ1) is 16.1. The standard InChI is InChI=1S/C18H16FN3O2/c1-11-13(9-20)4-7-16(21-11)18(24)22-10-15(23)8-17(22)12-2-5-14(19)6-3-12/h2-7,15,17,23H,8,10H2,1H3/t15-,17+/m0/s1. The van der Waals surface area contributed by atoms with E-state index in [-0.39, 0.29) is 30.0 Å². The highest BCUT2D eigenvalue weighted by Gasteiger charge is 2.36. The molecule has 1 aromatic carbocycles. The molecule has 6 heteroatoms. The van der Waals surface area contributed by atoms with Crippen LogP contribution in [0.25, 0.3) is 0 Å². The first-order valence-electron chi connectivity index (χ1n) is 7.62. The first-order chi connectivity index (χ1) is 11.5. The van der Waals surface area contributed by atoms with E-state index < -0.39 is 6.10 Å². The van der Waals surface area contributed by atoms with Gasteiger partial charge in [0.15, 0.2) is 0 Å². The highest BCUT2D eigenvalue weighted by molar-refractivity contribution is 5.93. The Labute approximate surface area is 139 Å². The van der Waals surface area contributed by atoms with E-state index in [2.05, 4.69) is 4.98 Å². The number of halogens is 1. The van der Waals surface area contributed by atoms with Gasteiger partial charge in [-0.15, -0.1) is 0 Å². The third kappa shape index (κ3) is 2.99. The Balaban J connectivity index is 1.91. The smallest absolute Gasteiger partial charge is 0.273 e. The van der Waals surface area contributed by atoms with Crippen molar-refractivity contribution in [2.45, 2.75) is 25.5 Å². The zero-order chi connectivity index (χ0) is 17.3. The maximum atomic E-state index is 13.1. The summed E-state index contributed by atoms with van der Waals surface area (Å²) in [5.41, 5.74) is 1.91. The predicted molar refractivity (Wildman–Crippen MR) is 84.5 cm³/mol. The van der Waals surface area contributed by atoms with E-state index >= 15 is 0 Å². The van der Waals surface area contributed by atoms with Crippen molar-refractivity contribution in [1.29, 1.82) is 5.26 Å². The molecule has 0 spiro atoms. The molecule has 0 aliphatic carbocycles. The minimum absolute atomic E-state index is 0.196. The van der Waals surface area contributed by atoms with Crippen LogP contribution in [0.3, 0.4) is 0 Å². The zero-order valence-electron chi connectivity index (χ0n) is 13.1. The number of likely N-dealkylation sites (tertiary alicyclic amines) is 1. The number of aliphatic hydroxyl groups excluding tert-OH is 1. The maximum Gasteiger partial charge on any atom is 0.273 e. The molecule has 24 heavy (non-hydrogen) atoms. The minimum atomic E-state index is -0.636. The molecule has 1 amide bonds. The molecule has 3 rings (SSSR count). The molecular formula is C18H16FN3O2. The van der Waals surface area contributed by atoms with E-state index in [0.717, 1.165) is 5.56 Å². The van der Waals surface area contributed by atoms with Crippen LogP contribution in [0.15, 0.2) is 36.4 Å². The van der Waals surface area contributed by atoms with E-state index in [1.54, 1.807) is 30.0 Å². The van der Waals surface area contributed by atoms with Crippen molar-refractivity contribution in [2.75, 3.05) is 6.54 Å². The average molecular weight is 325 g/mol. The Morgan fingerprint density at radius 2 is 2.04 bits per heavy atom. The van der Waals surface area contributed by atoms with Crippen molar-refractivity contribution < 1.29 is 14.3 Å². The highest BCUT2D eigenvalue weighted by atomic mass is 19.1. The largest absolute Gasteiger partial charge is 0.391 e. The van der Waals surface area contributed by atoms with Gasteiger partial charge in [-0.2, -0.15) is 5.26 Å². The third-order valence-corrected chi connectivity index (χ3v) is 4.22. The number of β-amino-alcohol motifs (C(OH)–C–C–N with tert-alkyl or cyclic N) is 1. The summed E-state index contributed by atoms with van der Waals surface area (Å²) >= 11 is 0. The second-order valence-corrected chi connectivity index (χ2v) is 5.86. The number of aromatic nitrogens is 1. The lowest BCUT2D eigenvalue weighted by Gasteiger charge is -2.24. The maximum absolute atomic E-state index is 13.1. The predicted octanol–water partition coefficient (Wildman–Crippen LogP) is 2.35. The Kier molecular flexibility index (Phi) is 4.28. The number of nitriles is 1. The number of rotatable bonds is 2. The fourth-order valence-corrected chi connectivity index (χ4v) is 2.98. The van der Waals surface area contributed by atoms with Gasteiger partial charge in [0.1, 0.15) is 17.6 Å². The number of hydrogen-bond acceptors (Lipinski definition) is 4. The van der Waals surface area contributed by atoms with Gasteiger partial charge in [-0.3, -0.25) is 4.79 Å². The minimum Gasteiger partial charge on any atom is -0.391 e. The average Bonchev–Trinajstić information content (AvgIpc) is 2.96. The Bertz CT molecular complexity index is 814. The molecule has 122 valence electrons. The number of amides is 1. The van der Waals surface area contributed by atoms with Gasteiger partial charge in [-0.1, -0.05) is 12.1 Å². The quantitative estimate of drug-likeness (QED) is 0.919. The second-order valence-electron chi connectivity index (χ2n) is 5.86. The van der Waals surface area contributed by atoms with Gasteiger partial charge in [0.05, 0.1) is 23.4 Å². The van der Waals surface area contributed by atoms with Crippen molar-refractivity contribution in [2.24, 2.45) is 0 Å². The van der Waals surface area contributed by atoms with Gasteiger partial charge in [0.25, 0.3) is 5.91 Å². The van der Waals surface area contributed by atoms with Crippen LogP contribution in [0.1, 0.15) is 39.8 Å². The number of aryl methyl sites for hydroxylation is 1. The highest BCUT2D eigenvalue weighted by Crippen LogP contribution is 2.33. The van der Waals surface area contributed by atoms with Crippen LogP contribution in [-0.4, -0.2) is 33.5 Å². The molecule has 2 atom stereocenters. The van der Waals surface area contributed by atoms with Crippen LogP contribution in [-0.2, 0) is 0 Å². The van der Waals surface area contributed by atoms with Crippen molar-refractivity contribution in [3.05, 3.63) is 64.7 Å². The second kappa shape index (κ2) is 6.38. The topological polar surface area (TPSA) is 77.2 Å². The lowest BCUT2D eigenvalue weighted by molar-refractivity contribution is 0.0709. The molecule has 1 fully saturated rings. The van der Waals surface area contributed by atoms with Crippen LogP contribution >= 0.6 is 0 Å². The van der Waals surface area contributed by atoms with Crippen molar-refractivity contribution in [3.63, 3.8) is 0 Å². The molecule has 0 saturated carbocycles. The molecule has 1 aromatic heterocycles. The Hall–Kier alpha value is -2.78. The van der Waals surface area contributed by atoms with Gasteiger partial charge in [-0.25, -0.2) is 9.37 Å². The molecule has 0 bridgehead atoms. The van der Waals surface area contributed by atoms with Crippen LogP contribution < -0.4 is 0 Å². The van der Waals surface area contributed by atoms with E-state index in [1.165, 1.54) is 18.2 Å². The molecule has 2 heterocycles. The number of carbonyl (C=O) groups excluding carboxylic acids is 1. The monoisotopic (exact) mass is 325 g/mol. The van der Waals surface area contributed by atoms with E-state index in [4.69, 9.17) is 5.26 Å². The van der Waals surface area contributed by atoms with Gasteiger partial charge < -0.3 is 10.0 Å². The molecular weight excluding hydrogens is 309 g/mol. The molecule has 1 aliphatic rings. The zero-order valence-corrected chi connectivity index (χ0v) is 13.1. The van der Waals surface area contributed by atoms with Crippen LogP contribution in [0.4, 0.5) is 4.39 Å². The Morgan fingerprint density at radius 3 is 2.67 bits per heavy atom. The Morgan fingerprint density at radius 1 is 1.33 bits per heavy atom. The SMILES string of the molecule is Cc1nc(C(=O)N2C[C@@H](O)C[C@@H]2c2ccc(F)cc2)ccc1C#N.